The van der Waals surface area contributed by atoms with Crippen LogP contribution in [-0.2, 0) is 9.53 Å². The Balaban J connectivity index is 1.58. The van der Waals surface area contributed by atoms with Crippen molar-refractivity contribution in [2.45, 2.75) is 5.92 Å². The van der Waals surface area contributed by atoms with Crippen molar-refractivity contribution >= 4 is 28.8 Å². The fraction of sp³-hybridized carbons (Fsp3) is 0.158. The van der Waals surface area contributed by atoms with Crippen LogP contribution in [0.2, 0.25) is 0 Å². The van der Waals surface area contributed by atoms with Crippen LogP contribution in [0, 0.1) is 5.82 Å². The van der Waals surface area contributed by atoms with Crippen LogP contribution in [-0.4, -0.2) is 39.4 Å². The smallest absolute Gasteiger partial charge is 0.314 e. The molecule has 0 bridgehead atoms. The number of esters is 1. The predicted molar refractivity (Wildman–Crippen MR) is 104 cm³/mol. The van der Waals surface area contributed by atoms with Crippen molar-refractivity contribution in [1.82, 2.24) is 19.8 Å². The number of benzene rings is 1. The molecule has 1 unspecified atom stereocenters. The summed E-state index contributed by atoms with van der Waals surface area (Å²) in [6.07, 6.45) is 0. The quantitative estimate of drug-likeness (QED) is 0.503. The Hall–Kier alpha value is -3.33. The molecule has 0 saturated carbocycles. The molecule has 0 saturated heterocycles. The Morgan fingerprint density at radius 1 is 1.21 bits per heavy atom. The molecule has 4 rings (SSSR count). The number of halogens is 1. The van der Waals surface area contributed by atoms with Crippen molar-refractivity contribution < 1.29 is 13.9 Å². The largest absolute Gasteiger partial charge is 0.468 e. The first-order chi connectivity index (χ1) is 13.7. The lowest BCUT2D eigenvalue weighted by Crippen LogP contribution is -2.23. The second-order valence-corrected chi connectivity index (χ2v) is 6.81. The number of carbonyl (C=O) groups is 1. The zero-order chi connectivity index (χ0) is 19.5. The maximum Gasteiger partial charge on any atom is 0.314 e. The fourth-order valence-corrected chi connectivity index (χ4v) is 3.47. The second-order valence-electron chi connectivity index (χ2n) is 6.03. The van der Waals surface area contributed by atoms with Crippen molar-refractivity contribution in [3.63, 3.8) is 0 Å². The molecule has 28 heavy (non-hydrogen) atoms. The van der Waals surface area contributed by atoms with E-state index >= 15 is 0 Å². The highest BCUT2D eigenvalue weighted by molar-refractivity contribution is 7.08. The average Bonchev–Trinajstić information content (AvgIpc) is 3.38. The number of methoxy groups -OCH3 is 1. The van der Waals surface area contributed by atoms with Gasteiger partial charge in [0.1, 0.15) is 11.6 Å². The van der Waals surface area contributed by atoms with E-state index in [1.54, 1.807) is 40.1 Å². The van der Waals surface area contributed by atoms with Crippen LogP contribution < -0.4 is 5.32 Å². The Morgan fingerprint density at radius 3 is 2.75 bits per heavy atom. The normalized spacial score (nSPS) is 12.1. The number of aromatic nitrogens is 4. The van der Waals surface area contributed by atoms with E-state index in [0.717, 1.165) is 5.56 Å². The standard InChI is InChI=1S/C19H16FN5O2S/c1-27-19(26)15(12-2-4-14(20)5-3-12)10-21-16-6-7-17-22-23-18(25(17)24-16)13-8-9-28-11-13/h2-9,11,15H,10H2,1H3,(H,21,24). The van der Waals surface area contributed by atoms with Crippen LogP contribution in [0.4, 0.5) is 10.2 Å². The summed E-state index contributed by atoms with van der Waals surface area (Å²) in [5.74, 6) is -0.174. The summed E-state index contributed by atoms with van der Waals surface area (Å²) in [6, 6.07) is 11.3. The summed E-state index contributed by atoms with van der Waals surface area (Å²) in [6.45, 7) is 0.243. The molecule has 7 nitrogen and oxygen atoms in total. The Labute approximate surface area is 163 Å². The third-order valence-corrected chi connectivity index (χ3v) is 4.97. The number of hydrogen-bond donors (Lipinski definition) is 1. The number of rotatable bonds is 6. The highest BCUT2D eigenvalue weighted by Gasteiger charge is 2.22. The number of ether oxygens (including phenoxy) is 1. The van der Waals surface area contributed by atoms with Gasteiger partial charge in [-0.3, -0.25) is 4.79 Å². The van der Waals surface area contributed by atoms with Crippen molar-refractivity contribution in [2.75, 3.05) is 19.0 Å². The molecule has 1 atom stereocenters. The van der Waals surface area contributed by atoms with E-state index in [-0.39, 0.29) is 12.4 Å². The minimum absolute atomic E-state index is 0.243. The van der Waals surface area contributed by atoms with Crippen molar-refractivity contribution in [2.24, 2.45) is 0 Å². The van der Waals surface area contributed by atoms with Crippen LogP contribution in [0.15, 0.2) is 53.2 Å². The van der Waals surface area contributed by atoms with Gasteiger partial charge in [-0.2, -0.15) is 15.9 Å². The molecular formula is C19H16FN5O2S. The molecule has 1 N–H and O–H groups in total. The molecule has 0 amide bonds. The zero-order valence-corrected chi connectivity index (χ0v) is 15.7. The van der Waals surface area contributed by atoms with Gasteiger partial charge < -0.3 is 10.1 Å². The van der Waals surface area contributed by atoms with Gasteiger partial charge in [0.2, 0.25) is 0 Å². The van der Waals surface area contributed by atoms with Gasteiger partial charge in [-0.15, -0.1) is 15.3 Å². The van der Waals surface area contributed by atoms with Crippen molar-refractivity contribution in [3.05, 3.63) is 64.6 Å². The first-order valence-corrected chi connectivity index (χ1v) is 9.42. The molecule has 0 spiro atoms. The maximum absolute atomic E-state index is 13.2. The molecule has 0 aliphatic heterocycles. The lowest BCUT2D eigenvalue weighted by Gasteiger charge is -2.16. The lowest BCUT2D eigenvalue weighted by atomic mass is 9.99. The Bertz CT molecular complexity index is 1100. The van der Waals surface area contributed by atoms with Crippen LogP contribution in [0.25, 0.3) is 17.0 Å². The van der Waals surface area contributed by atoms with E-state index in [1.807, 2.05) is 16.8 Å². The SMILES string of the molecule is COC(=O)C(CNc1ccc2nnc(-c3ccsc3)n2n1)c1ccc(F)cc1. The van der Waals surface area contributed by atoms with Crippen molar-refractivity contribution in [1.29, 1.82) is 0 Å². The molecule has 3 aromatic heterocycles. The van der Waals surface area contributed by atoms with E-state index < -0.39 is 11.9 Å². The summed E-state index contributed by atoms with van der Waals surface area (Å²) in [7, 11) is 1.33. The number of carbonyl (C=O) groups excluding carboxylic acids is 1. The van der Waals surface area contributed by atoms with Gasteiger partial charge in [-0.05, 0) is 41.3 Å². The third-order valence-electron chi connectivity index (χ3n) is 4.29. The van der Waals surface area contributed by atoms with Gasteiger partial charge in [0.05, 0.1) is 13.0 Å². The van der Waals surface area contributed by atoms with E-state index in [2.05, 4.69) is 20.6 Å². The van der Waals surface area contributed by atoms with E-state index in [1.165, 1.54) is 19.2 Å². The summed E-state index contributed by atoms with van der Waals surface area (Å²) >= 11 is 1.57. The molecule has 0 fully saturated rings. The van der Waals surface area contributed by atoms with Crippen LogP contribution in [0.5, 0.6) is 0 Å². The molecule has 1 aromatic carbocycles. The van der Waals surface area contributed by atoms with Gasteiger partial charge in [-0.1, -0.05) is 12.1 Å². The van der Waals surface area contributed by atoms with E-state index in [9.17, 15) is 9.18 Å². The van der Waals surface area contributed by atoms with E-state index in [4.69, 9.17) is 4.74 Å². The zero-order valence-electron chi connectivity index (χ0n) is 14.9. The molecule has 0 aliphatic carbocycles. The second kappa shape index (κ2) is 7.73. The topological polar surface area (TPSA) is 81.4 Å². The van der Waals surface area contributed by atoms with Gasteiger partial charge in [0.15, 0.2) is 11.5 Å². The molecule has 4 aromatic rings. The summed E-state index contributed by atoms with van der Waals surface area (Å²) in [5.41, 5.74) is 2.21. The van der Waals surface area contributed by atoms with Crippen LogP contribution in [0.3, 0.4) is 0 Å². The number of nitrogens with one attached hydrogen (secondary N) is 1. The van der Waals surface area contributed by atoms with Crippen LogP contribution in [0.1, 0.15) is 11.5 Å². The maximum atomic E-state index is 13.2. The minimum Gasteiger partial charge on any atom is -0.468 e. The molecule has 142 valence electrons. The molecule has 9 heteroatoms. The fourth-order valence-electron chi connectivity index (χ4n) is 2.84. The summed E-state index contributed by atoms with van der Waals surface area (Å²) in [4.78, 5) is 12.2. The monoisotopic (exact) mass is 397 g/mol. The van der Waals surface area contributed by atoms with Gasteiger partial charge in [-0.25, -0.2) is 4.39 Å². The van der Waals surface area contributed by atoms with Gasteiger partial charge in [0.25, 0.3) is 0 Å². The number of nitrogens with zero attached hydrogens (tertiary/aromatic N) is 4. The first kappa shape index (κ1) is 18.1. The van der Waals surface area contributed by atoms with Gasteiger partial charge >= 0.3 is 5.97 Å². The molecule has 0 aliphatic rings. The lowest BCUT2D eigenvalue weighted by molar-refractivity contribution is -0.142. The molecular weight excluding hydrogens is 381 g/mol. The van der Waals surface area contributed by atoms with E-state index in [0.29, 0.717) is 22.9 Å². The van der Waals surface area contributed by atoms with Gasteiger partial charge in [0, 0.05) is 17.5 Å². The summed E-state index contributed by atoms with van der Waals surface area (Å²) in [5, 5.41) is 19.9. The number of hydrogen-bond acceptors (Lipinski definition) is 7. The Morgan fingerprint density at radius 2 is 2.04 bits per heavy atom. The van der Waals surface area contributed by atoms with Crippen molar-refractivity contribution in [3.8, 4) is 11.4 Å². The predicted octanol–water partition coefficient (Wildman–Crippen LogP) is 3.36. The average molecular weight is 397 g/mol. The number of anilines is 1. The first-order valence-electron chi connectivity index (χ1n) is 8.48. The van der Waals surface area contributed by atoms with Crippen LogP contribution >= 0.6 is 11.3 Å². The minimum atomic E-state index is -0.597. The molecule has 0 radical (unpaired) electrons. The third kappa shape index (κ3) is 3.56. The Kier molecular flexibility index (Phi) is 4.98. The highest BCUT2D eigenvalue weighted by atomic mass is 32.1. The number of thiophene rings is 1. The summed E-state index contributed by atoms with van der Waals surface area (Å²) < 4.78 is 19.7. The molecule has 3 heterocycles. The highest BCUT2D eigenvalue weighted by Crippen LogP contribution is 2.22. The number of fused-ring (bicyclic) bond motifs is 1.